The Bertz CT molecular complexity index is 378. The van der Waals surface area contributed by atoms with E-state index in [0.29, 0.717) is 5.92 Å². The number of hydrogen-bond donors (Lipinski definition) is 1. The van der Waals surface area contributed by atoms with Gasteiger partial charge in [0, 0.05) is 25.2 Å². The number of carbonyl (C=O) groups is 1. The van der Waals surface area contributed by atoms with Crippen LogP contribution in [0.1, 0.15) is 66.7 Å². The monoisotopic (exact) mass is 310 g/mol. The molecule has 128 valence electrons. The molecule has 1 amide bonds. The summed E-state index contributed by atoms with van der Waals surface area (Å²) in [4.78, 5) is 14.7. The molecule has 4 unspecified atom stereocenters. The molecule has 0 aromatic heterocycles. The lowest BCUT2D eigenvalue weighted by Gasteiger charge is -2.48. The Balaban J connectivity index is 1.92. The highest BCUT2D eigenvalue weighted by atomic mass is 16.6. The number of carbonyl (C=O) groups excluding carboxylic acids is 1. The smallest absolute Gasteiger partial charge is 0.407 e. The molecule has 0 bridgehead atoms. The van der Waals surface area contributed by atoms with Gasteiger partial charge in [0.1, 0.15) is 5.60 Å². The van der Waals surface area contributed by atoms with E-state index in [1.807, 2.05) is 20.8 Å². The first-order valence-corrected chi connectivity index (χ1v) is 9.02. The van der Waals surface area contributed by atoms with E-state index in [2.05, 4.69) is 24.1 Å². The first kappa shape index (κ1) is 17.6. The van der Waals surface area contributed by atoms with Crippen LogP contribution in [-0.4, -0.2) is 41.8 Å². The molecular weight excluding hydrogens is 276 g/mol. The standard InChI is InChI=1S/C18H34N2O2/c1-6-7-14-10-15(19-17(21)22-18(3,4)5)12-20(11-14)16-9-8-13(16)2/h13-16H,6-12H2,1-5H3,(H,19,21). The maximum Gasteiger partial charge on any atom is 0.407 e. The second-order valence-electron chi connectivity index (χ2n) is 8.31. The van der Waals surface area contributed by atoms with Crippen LogP contribution in [0.5, 0.6) is 0 Å². The zero-order chi connectivity index (χ0) is 16.3. The Morgan fingerprint density at radius 3 is 2.50 bits per heavy atom. The zero-order valence-electron chi connectivity index (χ0n) is 15.0. The summed E-state index contributed by atoms with van der Waals surface area (Å²) in [5.74, 6) is 1.51. The van der Waals surface area contributed by atoms with Crippen molar-refractivity contribution in [2.45, 2.75) is 84.4 Å². The van der Waals surface area contributed by atoms with Gasteiger partial charge in [-0.3, -0.25) is 4.90 Å². The minimum atomic E-state index is -0.427. The molecule has 2 aliphatic rings. The van der Waals surface area contributed by atoms with E-state index in [1.54, 1.807) is 0 Å². The fourth-order valence-corrected chi connectivity index (χ4v) is 3.90. The highest BCUT2D eigenvalue weighted by molar-refractivity contribution is 5.68. The Kier molecular flexibility index (Phi) is 5.76. The summed E-state index contributed by atoms with van der Waals surface area (Å²) in [6.45, 7) is 12.5. The summed E-state index contributed by atoms with van der Waals surface area (Å²) in [6.07, 6.45) is 5.96. The number of piperidine rings is 1. The lowest BCUT2D eigenvalue weighted by Crippen LogP contribution is -2.57. The molecule has 4 heteroatoms. The Labute approximate surface area is 136 Å². The molecule has 22 heavy (non-hydrogen) atoms. The van der Waals surface area contributed by atoms with E-state index in [9.17, 15) is 4.79 Å². The summed E-state index contributed by atoms with van der Waals surface area (Å²) in [7, 11) is 0. The van der Waals surface area contributed by atoms with Gasteiger partial charge in [0.05, 0.1) is 0 Å². The van der Waals surface area contributed by atoms with Crippen molar-refractivity contribution in [1.29, 1.82) is 0 Å². The van der Waals surface area contributed by atoms with Crippen LogP contribution in [-0.2, 0) is 4.74 Å². The van der Waals surface area contributed by atoms with Crippen LogP contribution in [0, 0.1) is 11.8 Å². The fraction of sp³-hybridized carbons (Fsp3) is 0.944. The van der Waals surface area contributed by atoms with Crippen molar-refractivity contribution in [3.63, 3.8) is 0 Å². The molecule has 1 aliphatic carbocycles. The fourth-order valence-electron chi connectivity index (χ4n) is 3.90. The van der Waals surface area contributed by atoms with Gasteiger partial charge >= 0.3 is 6.09 Å². The van der Waals surface area contributed by atoms with Gasteiger partial charge < -0.3 is 10.1 Å². The van der Waals surface area contributed by atoms with E-state index in [-0.39, 0.29) is 12.1 Å². The molecule has 0 aromatic carbocycles. The minimum absolute atomic E-state index is 0.230. The SMILES string of the molecule is CCCC1CC(NC(=O)OC(C)(C)C)CN(C2CCC2C)C1. The summed E-state index contributed by atoms with van der Waals surface area (Å²) >= 11 is 0. The highest BCUT2D eigenvalue weighted by Gasteiger charge is 2.37. The summed E-state index contributed by atoms with van der Waals surface area (Å²) < 4.78 is 5.42. The van der Waals surface area contributed by atoms with Crippen molar-refractivity contribution >= 4 is 6.09 Å². The molecule has 1 saturated heterocycles. The molecule has 1 N–H and O–H groups in total. The molecule has 1 heterocycles. The van der Waals surface area contributed by atoms with Crippen LogP contribution in [0.15, 0.2) is 0 Å². The van der Waals surface area contributed by atoms with Crippen molar-refractivity contribution in [3.05, 3.63) is 0 Å². The number of rotatable bonds is 4. The normalized spacial score (nSPS) is 33.1. The van der Waals surface area contributed by atoms with Gasteiger partial charge in [-0.25, -0.2) is 4.79 Å². The van der Waals surface area contributed by atoms with Gasteiger partial charge in [0.15, 0.2) is 0 Å². The topological polar surface area (TPSA) is 41.6 Å². The molecule has 1 saturated carbocycles. The summed E-state index contributed by atoms with van der Waals surface area (Å²) in [5, 5.41) is 3.11. The molecule has 2 rings (SSSR count). The Hall–Kier alpha value is -0.770. The van der Waals surface area contributed by atoms with E-state index >= 15 is 0 Å². The Morgan fingerprint density at radius 1 is 1.27 bits per heavy atom. The van der Waals surface area contributed by atoms with Crippen LogP contribution < -0.4 is 5.32 Å². The molecule has 4 atom stereocenters. The van der Waals surface area contributed by atoms with Crippen molar-refractivity contribution in [2.24, 2.45) is 11.8 Å². The number of ether oxygens (including phenoxy) is 1. The van der Waals surface area contributed by atoms with Crippen molar-refractivity contribution in [2.75, 3.05) is 13.1 Å². The van der Waals surface area contributed by atoms with E-state index in [0.717, 1.165) is 24.9 Å². The largest absolute Gasteiger partial charge is 0.444 e. The number of likely N-dealkylation sites (tertiary alicyclic amines) is 1. The molecule has 0 radical (unpaired) electrons. The number of amides is 1. The molecule has 0 spiro atoms. The summed E-state index contributed by atoms with van der Waals surface area (Å²) in [6, 6.07) is 0.954. The van der Waals surface area contributed by atoms with E-state index < -0.39 is 5.60 Å². The molecule has 2 fully saturated rings. The predicted octanol–water partition coefficient (Wildman–Crippen LogP) is 3.80. The lowest BCUT2D eigenvalue weighted by molar-refractivity contribution is 0.0135. The number of nitrogens with zero attached hydrogens (tertiary/aromatic N) is 1. The van der Waals surface area contributed by atoms with E-state index in [4.69, 9.17) is 4.74 Å². The van der Waals surface area contributed by atoms with Gasteiger partial charge in [-0.2, -0.15) is 0 Å². The zero-order valence-corrected chi connectivity index (χ0v) is 15.0. The molecule has 0 aromatic rings. The minimum Gasteiger partial charge on any atom is -0.444 e. The maximum absolute atomic E-state index is 12.1. The number of hydrogen-bond acceptors (Lipinski definition) is 3. The van der Waals surface area contributed by atoms with Gasteiger partial charge in [-0.15, -0.1) is 0 Å². The van der Waals surface area contributed by atoms with Crippen molar-refractivity contribution in [1.82, 2.24) is 10.2 Å². The van der Waals surface area contributed by atoms with Gasteiger partial charge in [-0.1, -0.05) is 20.3 Å². The first-order chi connectivity index (χ1) is 10.3. The van der Waals surface area contributed by atoms with Gasteiger partial charge in [-0.05, 0) is 58.3 Å². The quantitative estimate of drug-likeness (QED) is 0.858. The van der Waals surface area contributed by atoms with Crippen LogP contribution in [0.25, 0.3) is 0 Å². The number of alkyl carbamates (subject to hydrolysis) is 1. The van der Waals surface area contributed by atoms with Crippen LogP contribution in [0.2, 0.25) is 0 Å². The molecular formula is C18H34N2O2. The van der Waals surface area contributed by atoms with Crippen LogP contribution >= 0.6 is 0 Å². The second kappa shape index (κ2) is 7.20. The third-order valence-electron chi connectivity index (χ3n) is 5.03. The third-order valence-corrected chi connectivity index (χ3v) is 5.03. The highest BCUT2D eigenvalue weighted by Crippen LogP contribution is 2.35. The molecule has 4 nitrogen and oxygen atoms in total. The molecule has 1 aliphatic heterocycles. The number of nitrogens with one attached hydrogen (secondary N) is 1. The third kappa shape index (κ3) is 4.87. The average Bonchev–Trinajstić information content (AvgIpc) is 2.34. The predicted molar refractivity (Wildman–Crippen MR) is 89.9 cm³/mol. The second-order valence-corrected chi connectivity index (χ2v) is 8.31. The first-order valence-electron chi connectivity index (χ1n) is 9.02. The van der Waals surface area contributed by atoms with Crippen molar-refractivity contribution in [3.8, 4) is 0 Å². The lowest BCUT2D eigenvalue weighted by atomic mass is 9.78. The van der Waals surface area contributed by atoms with Gasteiger partial charge in [0.25, 0.3) is 0 Å². The van der Waals surface area contributed by atoms with Crippen LogP contribution in [0.3, 0.4) is 0 Å². The summed E-state index contributed by atoms with van der Waals surface area (Å²) in [5.41, 5.74) is -0.427. The average molecular weight is 310 g/mol. The van der Waals surface area contributed by atoms with Crippen molar-refractivity contribution < 1.29 is 9.53 Å². The van der Waals surface area contributed by atoms with Crippen LogP contribution in [0.4, 0.5) is 4.79 Å². The van der Waals surface area contributed by atoms with E-state index in [1.165, 1.54) is 32.2 Å². The Morgan fingerprint density at radius 2 is 2.00 bits per heavy atom. The van der Waals surface area contributed by atoms with Gasteiger partial charge in [0.2, 0.25) is 0 Å². The maximum atomic E-state index is 12.1.